The lowest BCUT2D eigenvalue weighted by Crippen LogP contribution is -2.15. The largest absolute Gasteiger partial charge is 0.486 e. The number of rotatable bonds is 1. The van der Waals surface area contributed by atoms with Crippen molar-refractivity contribution in [1.82, 2.24) is 4.98 Å². The number of pyridine rings is 1. The Bertz CT molecular complexity index is 632. The van der Waals surface area contributed by atoms with Crippen molar-refractivity contribution in [2.45, 2.75) is 0 Å². The molecule has 0 radical (unpaired) electrons. The molecule has 1 aromatic heterocycles. The molecule has 2 heterocycles. The zero-order valence-corrected chi connectivity index (χ0v) is 9.59. The minimum atomic E-state index is 0.405. The van der Waals surface area contributed by atoms with Gasteiger partial charge in [-0.15, -0.1) is 0 Å². The quantitative estimate of drug-likeness (QED) is 0.765. The van der Waals surface area contributed by atoms with Gasteiger partial charge in [0.1, 0.15) is 25.0 Å². The molecule has 0 aliphatic carbocycles. The van der Waals surface area contributed by atoms with Gasteiger partial charge in [-0.2, -0.15) is 5.26 Å². The maximum Gasteiger partial charge on any atom is 0.161 e. The van der Waals surface area contributed by atoms with E-state index in [1.54, 1.807) is 12.3 Å². The van der Waals surface area contributed by atoms with Gasteiger partial charge in [0.05, 0.1) is 0 Å². The van der Waals surface area contributed by atoms with Crippen LogP contribution in [-0.4, -0.2) is 18.2 Å². The lowest BCUT2D eigenvalue weighted by molar-refractivity contribution is 0.171. The molecule has 0 amide bonds. The molecule has 0 N–H and O–H groups in total. The second-order valence-corrected chi connectivity index (χ2v) is 3.90. The van der Waals surface area contributed by atoms with E-state index < -0.39 is 0 Å². The summed E-state index contributed by atoms with van der Waals surface area (Å²) in [5, 5.41) is 8.84. The van der Waals surface area contributed by atoms with Gasteiger partial charge in [-0.3, -0.25) is 0 Å². The van der Waals surface area contributed by atoms with Crippen LogP contribution in [0.3, 0.4) is 0 Å². The average Bonchev–Trinajstić information content (AvgIpc) is 2.47. The van der Waals surface area contributed by atoms with E-state index in [1.165, 1.54) is 0 Å². The summed E-state index contributed by atoms with van der Waals surface area (Å²) < 4.78 is 11.0. The van der Waals surface area contributed by atoms with Crippen LogP contribution in [0.1, 0.15) is 5.69 Å². The molecule has 1 aliphatic rings. The third-order valence-corrected chi connectivity index (χ3v) is 2.75. The Morgan fingerprint density at radius 2 is 1.78 bits per heavy atom. The summed E-state index contributed by atoms with van der Waals surface area (Å²) in [4.78, 5) is 3.95. The first-order valence-corrected chi connectivity index (χ1v) is 5.63. The van der Waals surface area contributed by atoms with Crippen molar-refractivity contribution in [2.24, 2.45) is 0 Å². The van der Waals surface area contributed by atoms with Crippen molar-refractivity contribution >= 4 is 0 Å². The number of nitriles is 1. The summed E-state index contributed by atoms with van der Waals surface area (Å²) in [5.41, 5.74) is 2.33. The summed E-state index contributed by atoms with van der Waals surface area (Å²) in [6, 6.07) is 11.4. The summed E-state index contributed by atoms with van der Waals surface area (Å²) in [5.74, 6) is 1.51. The molecule has 4 heteroatoms. The van der Waals surface area contributed by atoms with Crippen LogP contribution in [0.25, 0.3) is 11.1 Å². The molecular formula is C14H10N2O2. The molecule has 1 aromatic carbocycles. The Hall–Kier alpha value is -2.54. The van der Waals surface area contributed by atoms with Crippen LogP contribution in [0.2, 0.25) is 0 Å². The number of hydrogen-bond donors (Lipinski definition) is 0. The molecule has 0 bridgehead atoms. The molecule has 88 valence electrons. The lowest BCUT2D eigenvalue weighted by atomic mass is 10.1. The van der Waals surface area contributed by atoms with Crippen molar-refractivity contribution in [1.29, 1.82) is 5.26 Å². The fourth-order valence-corrected chi connectivity index (χ4v) is 1.89. The number of aromatic nitrogens is 1. The van der Waals surface area contributed by atoms with Gasteiger partial charge in [-0.1, -0.05) is 6.07 Å². The van der Waals surface area contributed by atoms with Gasteiger partial charge < -0.3 is 9.47 Å². The van der Waals surface area contributed by atoms with Gasteiger partial charge in [-0.05, 0) is 35.4 Å². The Morgan fingerprint density at radius 3 is 2.61 bits per heavy atom. The van der Waals surface area contributed by atoms with Crippen LogP contribution in [0.4, 0.5) is 0 Å². The predicted octanol–water partition coefficient (Wildman–Crippen LogP) is 2.39. The molecule has 18 heavy (non-hydrogen) atoms. The van der Waals surface area contributed by atoms with Crippen molar-refractivity contribution in [3.05, 3.63) is 42.2 Å². The first kappa shape index (κ1) is 10.6. The van der Waals surface area contributed by atoms with Crippen LogP contribution in [0.15, 0.2) is 36.5 Å². The predicted molar refractivity (Wildman–Crippen MR) is 65.4 cm³/mol. The summed E-state index contributed by atoms with van der Waals surface area (Å²) in [6.45, 7) is 1.15. The summed E-state index contributed by atoms with van der Waals surface area (Å²) in [6.07, 6.45) is 1.63. The molecule has 3 rings (SSSR count). The Kier molecular flexibility index (Phi) is 2.58. The van der Waals surface area contributed by atoms with Crippen molar-refractivity contribution in [3.8, 4) is 28.7 Å². The van der Waals surface area contributed by atoms with E-state index in [1.807, 2.05) is 30.3 Å². The fraction of sp³-hybridized carbons (Fsp3) is 0.143. The summed E-state index contributed by atoms with van der Waals surface area (Å²) in [7, 11) is 0. The van der Waals surface area contributed by atoms with Gasteiger partial charge >= 0.3 is 0 Å². The highest BCUT2D eigenvalue weighted by Crippen LogP contribution is 2.34. The highest BCUT2D eigenvalue weighted by atomic mass is 16.6. The van der Waals surface area contributed by atoms with Crippen LogP contribution in [0, 0.1) is 11.3 Å². The molecule has 0 saturated heterocycles. The molecule has 1 aliphatic heterocycles. The number of hydrogen-bond acceptors (Lipinski definition) is 4. The number of ether oxygens (including phenoxy) is 2. The number of benzene rings is 1. The molecule has 0 atom stereocenters. The molecule has 0 spiro atoms. The van der Waals surface area contributed by atoms with E-state index in [0.717, 1.165) is 22.6 Å². The SMILES string of the molecule is N#Cc1cc(-c2ccc3c(c2)OCCO3)ccn1. The van der Waals surface area contributed by atoms with E-state index in [9.17, 15) is 0 Å². The Balaban J connectivity index is 2.04. The summed E-state index contributed by atoms with van der Waals surface area (Å²) >= 11 is 0. The first-order chi connectivity index (χ1) is 8.86. The molecule has 2 aromatic rings. The Morgan fingerprint density at radius 1 is 1.00 bits per heavy atom. The molecule has 0 unspecified atom stereocenters. The molecule has 4 nitrogen and oxygen atoms in total. The maximum atomic E-state index is 8.84. The van der Waals surface area contributed by atoms with E-state index in [0.29, 0.717) is 18.9 Å². The number of nitrogens with zero attached hydrogens (tertiary/aromatic N) is 2. The Labute approximate surface area is 104 Å². The zero-order valence-electron chi connectivity index (χ0n) is 9.59. The minimum Gasteiger partial charge on any atom is -0.486 e. The van der Waals surface area contributed by atoms with E-state index in [2.05, 4.69) is 4.98 Å². The lowest BCUT2D eigenvalue weighted by Gasteiger charge is -2.18. The van der Waals surface area contributed by atoms with Crippen LogP contribution < -0.4 is 9.47 Å². The minimum absolute atomic E-state index is 0.405. The van der Waals surface area contributed by atoms with Crippen molar-refractivity contribution in [3.63, 3.8) is 0 Å². The standard InChI is InChI=1S/C14H10N2O2/c15-9-12-7-11(3-4-16-12)10-1-2-13-14(8-10)18-6-5-17-13/h1-4,7-8H,5-6H2. The van der Waals surface area contributed by atoms with Crippen LogP contribution >= 0.6 is 0 Å². The second kappa shape index (κ2) is 4.38. The normalized spacial score (nSPS) is 12.8. The molecule has 0 saturated carbocycles. The topological polar surface area (TPSA) is 55.1 Å². The van der Waals surface area contributed by atoms with Gasteiger partial charge in [-0.25, -0.2) is 4.98 Å². The third kappa shape index (κ3) is 1.87. The third-order valence-electron chi connectivity index (χ3n) is 2.75. The number of fused-ring (bicyclic) bond motifs is 1. The van der Waals surface area contributed by atoms with Crippen molar-refractivity contribution < 1.29 is 9.47 Å². The second-order valence-electron chi connectivity index (χ2n) is 3.90. The monoisotopic (exact) mass is 238 g/mol. The maximum absolute atomic E-state index is 8.84. The van der Waals surface area contributed by atoms with Gasteiger partial charge in [0.2, 0.25) is 0 Å². The molecular weight excluding hydrogens is 228 g/mol. The fourth-order valence-electron chi connectivity index (χ4n) is 1.89. The van der Waals surface area contributed by atoms with E-state index >= 15 is 0 Å². The van der Waals surface area contributed by atoms with Crippen LogP contribution in [-0.2, 0) is 0 Å². The zero-order chi connectivity index (χ0) is 12.4. The molecule has 0 fully saturated rings. The highest BCUT2D eigenvalue weighted by molar-refractivity contribution is 5.67. The smallest absolute Gasteiger partial charge is 0.161 e. The average molecular weight is 238 g/mol. The van der Waals surface area contributed by atoms with Gasteiger partial charge in [0.15, 0.2) is 11.5 Å². The van der Waals surface area contributed by atoms with E-state index in [4.69, 9.17) is 14.7 Å². The first-order valence-electron chi connectivity index (χ1n) is 5.63. The highest BCUT2D eigenvalue weighted by Gasteiger charge is 2.12. The van der Waals surface area contributed by atoms with E-state index in [-0.39, 0.29) is 0 Å². The van der Waals surface area contributed by atoms with Gasteiger partial charge in [0, 0.05) is 6.20 Å². The van der Waals surface area contributed by atoms with Crippen LogP contribution in [0.5, 0.6) is 11.5 Å². The van der Waals surface area contributed by atoms with Gasteiger partial charge in [0.25, 0.3) is 0 Å². The van der Waals surface area contributed by atoms with Crippen molar-refractivity contribution in [2.75, 3.05) is 13.2 Å².